The summed E-state index contributed by atoms with van der Waals surface area (Å²) in [5.74, 6) is 0. The maximum atomic E-state index is 6.26. The van der Waals surface area contributed by atoms with Crippen LogP contribution in [0.25, 0.3) is 0 Å². The van der Waals surface area contributed by atoms with Crippen LogP contribution in [0.15, 0.2) is 42.5 Å². The molecule has 21 heavy (non-hydrogen) atoms. The lowest BCUT2D eigenvalue weighted by Crippen LogP contribution is -2.19. The number of halogens is 1. The van der Waals surface area contributed by atoms with Gasteiger partial charge in [-0.15, -0.1) is 0 Å². The number of rotatable bonds is 3. The number of benzene rings is 2. The van der Waals surface area contributed by atoms with Crippen LogP contribution in [-0.2, 0) is 5.41 Å². The van der Waals surface area contributed by atoms with E-state index in [9.17, 15) is 0 Å². The van der Waals surface area contributed by atoms with Crippen molar-refractivity contribution in [1.29, 1.82) is 0 Å². The van der Waals surface area contributed by atoms with Gasteiger partial charge in [-0.3, -0.25) is 0 Å². The lowest BCUT2D eigenvalue weighted by Gasteiger charge is -2.23. The summed E-state index contributed by atoms with van der Waals surface area (Å²) in [5, 5.41) is 4.22. The van der Waals surface area contributed by atoms with Crippen molar-refractivity contribution in [3.8, 4) is 0 Å². The zero-order valence-corrected chi connectivity index (χ0v) is 14.3. The molecule has 0 spiro atoms. The molecule has 1 atom stereocenters. The molecule has 0 aliphatic rings. The number of nitrogens with one attached hydrogen (secondary N) is 1. The van der Waals surface area contributed by atoms with Gasteiger partial charge in [-0.1, -0.05) is 68.8 Å². The summed E-state index contributed by atoms with van der Waals surface area (Å²) in [7, 11) is 1.99. The van der Waals surface area contributed by atoms with Crippen molar-refractivity contribution in [2.24, 2.45) is 0 Å². The Morgan fingerprint density at radius 2 is 1.62 bits per heavy atom. The molecule has 0 aliphatic heterocycles. The lowest BCUT2D eigenvalue weighted by atomic mass is 9.85. The van der Waals surface area contributed by atoms with Gasteiger partial charge in [0.15, 0.2) is 0 Å². The van der Waals surface area contributed by atoms with Crippen LogP contribution in [0.3, 0.4) is 0 Å². The van der Waals surface area contributed by atoms with Gasteiger partial charge < -0.3 is 5.32 Å². The zero-order chi connectivity index (χ0) is 15.6. The Balaban J connectivity index is 2.40. The van der Waals surface area contributed by atoms with E-state index in [4.69, 9.17) is 11.6 Å². The van der Waals surface area contributed by atoms with E-state index in [0.717, 1.165) is 10.6 Å². The molecule has 1 unspecified atom stereocenters. The van der Waals surface area contributed by atoms with Gasteiger partial charge >= 0.3 is 0 Å². The van der Waals surface area contributed by atoms with Crippen molar-refractivity contribution in [3.05, 3.63) is 69.7 Å². The van der Waals surface area contributed by atoms with Gasteiger partial charge in [0.1, 0.15) is 0 Å². The number of hydrogen-bond donors (Lipinski definition) is 1. The van der Waals surface area contributed by atoms with E-state index in [1.165, 1.54) is 16.7 Å². The van der Waals surface area contributed by atoms with Crippen LogP contribution in [0.2, 0.25) is 5.02 Å². The summed E-state index contributed by atoms with van der Waals surface area (Å²) in [5.41, 5.74) is 5.16. The third-order valence-corrected chi connectivity index (χ3v) is 4.43. The first-order valence-electron chi connectivity index (χ1n) is 7.37. The molecule has 0 amide bonds. The van der Waals surface area contributed by atoms with Crippen LogP contribution in [0.5, 0.6) is 0 Å². The van der Waals surface area contributed by atoms with Gasteiger partial charge in [0, 0.05) is 5.02 Å². The summed E-state index contributed by atoms with van der Waals surface area (Å²) < 4.78 is 0. The summed E-state index contributed by atoms with van der Waals surface area (Å²) >= 11 is 6.26. The highest BCUT2D eigenvalue weighted by Gasteiger charge is 2.17. The largest absolute Gasteiger partial charge is 0.309 e. The highest BCUT2D eigenvalue weighted by Crippen LogP contribution is 2.30. The van der Waals surface area contributed by atoms with E-state index in [2.05, 4.69) is 63.3 Å². The second-order valence-electron chi connectivity index (χ2n) is 6.55. The third-order valence-electron chi connectivity index (χ3n) is 4.02. The lowest BCUT2D eigenvalue weighted by molar-refractivity contribution is 0.589. The monoisotopic (exact) mass is 301 g/mol. The SMILES string of the molecule is CNC(c1ccc(C(C)(C)C)cc1)c1cccc(Cl)c1C. The summed E-state index contributed by atoms with van der Waals surface area (Å²) in [6.45, 7) is 8.78. The molecule has 0 fully saturated rings. The average molecular weight is 302 g/mol. The predicted octanol–water partition coefficient (Wildman–Crippen LogP) is 5.25. The normalized spacial score (nSPS) is 13.2. The van der Waals surface area contributed by atoms with Gasteiger partial charge in [-0.25, -0.2) is 0 Å². The van der Waals surface area contributed by atoms with E-state index in [1.54, 1.807) is 0 Å². The van der Waals surface area contributed by atoms with Gasteiger partial charge in [-0.05, 0) is 47.7 Å². The second kappa shape index (κ2) is 6.21. The van der Waals surface area contributed by atoms with Crippen molar-refractivity contribution < 1.29 is 0 Å². The Labute approximate surface area is 133 Å². The second-order valence-corrected chi connectivity index (χ2v) is 6.95. The zero-order valence-electron chi connectivity index (χ0n) is 13.5. The molecule has 2 aromatic carbocycles. The van der Waals surface area contributed by atoms with Gasteiger partial charge in [0.25, 0.3) is 0 Å². The molecule has 112 valence electrons. The van der Waals surface area contributed by atoms with Gasteiger partial charge in [0.05, 0.1) is 6.04 Å². The van der Waals surface area contributed by atoms with Crippen molar-refractivity contribution >= 4 is 11.6 Å². The summed E-state index contributed by atoms with van der Waals surface area (Å²) in [6, 6.07) is 15.1. The molecule has 0 saturated heterocycles. The summed E-state index contributed by atoms with van der Waals surface area (Å²) in [4.78, 5) is 0. The van der Waals surface area contributed by atoms with E-state index in [0.29, 0.717) is 0 Å². The maximum Gasteiger partial charge on any atom is 0.0577 e. The fourth-order valence-corrected chi connectivity index (χ4v) is 2.80. The van der Waals surface area contributed by atoms with Crippen molar-refractivity contribution in [3.63, 3.8) is 0 Å². The van der Waals surface area contributed by atoms with Crippen LogP contribution in [-0.4, -0.2) is 7.05 Å². The topological polar surface area (TPSA) is 12.0 Å². The Morgan fingerprint density at radius 3 is 2.14 bits per heavy atom. The van der Waals surface area contributed by atoms with Gasteiger partial charge in [0.2, 0.25) is 0 Å². The van der Waals surface area contributed by atoms with E-state index in [-0.39, 0.29) is 11.5 Å². The van der Waals surface area contributed by atoms with Gasteiger partial charge in [-0.2, -0.15) is 0 Å². The smallest absolute Gasteiger partial charge is 0.0577 e. The minimum atomic E-state index is 0.165. The van der Waals surface area contributed by atoms with E-state index in [1.807, 2.05) is 19.2 Å². The van der Waals surface area contributed by atoms with Crippen molar-refractivity contribution in [1.82, 2.24) is 5.32 Å². The fourth-order valence-electron chi connectivity index (χ4n) is 2.61. The Kier molecular flexibility index (Phi) is 4.75. The van der Waals surface area contributed by atoms with Crippen LogP contribution in [0.4, 0.5) is 0 Å². The minimum Gasteiger partial charge on any atom is -0.309 e. The molecule has 0 heterocycles. The third kappa shape index (κ3) is 3.48. The van der Waals surface area contributed by atoms with Crippen LogP contribution in [0.1, 0.15) is 49.1 Å². The van der Waals surface area contributed by atoms with E-state index >= 15 is 0 Å². The molecule has 1 nitrogen and oxygen atoms in total. The van der Waals surface area contributed by atoms with Crippen molar-refractivity contribution in [2.75, 3.05) is 7.05 Å². The molecule has 0 aromatic heterocycles. The fraction of sp³-hybridized carbons (Fsp3) is 0.368. The van der Waals surface area contributed by atoms with E-state index < -0.39 is 0 Å². The first-order chi connectivity index (χ1) is 9.84. The minimum absolute atomic E-state index is 0.165. The first-order valence-corrected chi connectivity index (χ1v) is 7.75. The maximum absolute atomic E-state index is 6.26. The molecule has 2 aromatic rings. The Hall–Kier alpha value is -1.31. The average Bonchev–Trinajstić information content (AvgIpc) is 2.44. The molecule has 0 radical (unpaired) electrons. The Bertz CT molecular complexity index is 608. The van der Waals surface area contributed by atoms with Crippen LogP contribution < -0.4 is 5.32 Å². The highest BCUT2D eigenvalue weighted by molar-refractivity contribution is 6.31. The first kappa shape index (κ1) is 16.1. The van der Waals surface area contributed by atoms with Crippen molar-refractivity contribution in [2.45, 2.75) is 39.2 Å². The molecule has 0 bridgehead atoms. The highest BCUT2D eigenvalue weighted by atomic mass is 35.5. The standard InChI is InChI=1S/C19H24ClN/c1-13-16(7-6-8-17(13)20)18(21-5)14-9-11-15(12-10-14)19(2,3)4/h6-12,18,21H,1-5H3. The number of hydrogen-bond acceptors (Lipinski definition) is 1. The molecular weight excluding hydrogens is 278 g/mol. The molecule has 2 heteroatoms. The molecule has 1 N–H and O–H groups in total. The molecule has 0 saturated carbocycles. The quantitative estimate of drug-likeness (QED) is 0.816. The predicted molar refractivity (Wildman–Crippen MR) is 92.2 cm³/mol. The Morgan fingerprint density at radius 1 is 1.00 bits per heavy atom. The molecule has 2 rings (SSSR count). The van der Waals surface area contributed by atoms with Crippen LogP contribution in [0, 0.1) is 6.92 Å². The molecule has 0 aliphatic carbocycles. The summed E-state index contributed by atoms with van der Waals surface area (Å²) in [6.07, 6.45) is 0. The molecular formula is C19H24ClN. The van der Waals surface area contributed by atoms with Crippen LogP contribution >= 0.6 is 11.6 Å².